The molecular formula is C19H34. The van der Waals surface area contributed by atoms with Crippen molar-refractivity contribution in [2.45, 2.75) is 85.5 Å². The molecule has 0 N–H and O–H groups in total. The molecule has 0 nitrogen and oxygen atoms in total. The molecule has 0 heterocycles. The molecule has 3 saturated carbocycles. The van der Waals surface area contributed by atoms with Crippen LogP contribution in [-0.2, 0) is 0 Å². The highest BCUT2D eigenvalue weighted by Crippen LogP contribution is 2.59. The van der Waals surface area contributed by atoms with Gasteiger partial charge in [-0.05, 0) is 79.4 Å². The van der Waals surface area contributed by atoms with Gasteiger partial charge < -0.3 is 0 Å². The van der Waals surface area contributed by atoms with Gasteiger partial charge in [-0.2, -0.15) is 0 Å². The fraction of sp³-hybridized carbons (Fsp3) is 1.00. The Morgan fingerprint density at radius 3 is 2.42 bits per heavy atom. The normalized spacial score (nSPS) is 49.3. The number of hydrogen-bond acceptors (Lipinski definition) is 0. The molecular weight excluding hydrogens is 228 g/mol. The monoisotopic (exact) mass is 262 g/mol. The second-order valence-electron chi connectivity index (χ2n) is 9.06. The van der Waals surface area contributed by atoms with Crippen molar-refractivity contribution in [3.05, 3.63) is 0 Å². The maximum atomic E-state index is 2.56. The predicted molar refractivity (Wildman–Crippen MR) is 83.1 cm³/mol. The summed E-state index contributed by atoms with van der Waals surface area (Å²) in [6, 6.07) is 0. The van der Waals surface area contributed by atoms with Crippen molar-refractivity contribution in [2.24, 2.45) is 34.5 Å². The molecule has 3 aliphatic rings. The Balaban J connectivity index is 1.76. The van der Waals surface area contributed by atoms with Crippen molar-refractivity contribution in [2.75, 3.05) is 0 Å². The van der Waals surface area contributed by atoms with Gasteiger partial charge in [-0.25, -0.2) is 0 Å². The van der Waals surface area contributed by atoms with E-state index in [-0.39, 0.29) is 0 Å². The Bertz CT molecular complexity index is 329. The van der Waals surface area contributed by atoms with E-state index in [1.54, 1.807) is 25.7 Å². The standard InChI is InChI=1S/C19H34/c1-5-19(4)12-10-15-14(13-19)8-9-17-16(15)7-6-11-18(17,2)3/h14-17H,5-13H2,1-4H3/t14-,15-,16+,17+,19+/m0/s1. The molecule has 3 aliphatic carbocycles. The van der Waals surface area contributed by atoms with Crippen molar-refractivity contribution >= 4 is 0 Å². The van der Waals surface area contributed by atoms with Crippen LogP contribution in [0.2, 0.25) is 0 Å². The Hall–Kier alpha value is 0. The highest BCUT2D eigenvalue weighted by atomic mass is 14.5. The van der Waals surface area contributed by atoms with Crippen LogP contribution >= 0.6 is 0 Å². The summed E-state index contributed by atoms with van der Waals surface area (Å²) in [6.07, 6.45) is 13.6. The lowest BCUT2D eigenvalue weighted by molar-refractivity contribution is -0.0611. The minimum Gasteiger partial charge on any atom is -0.0649 e. The summed E-state index contributed by atoms with van der Waals surface area (Å²) >= 11 is 0. The summed E-state index contributed by atoms with van der Waals surface area (Å²) < 4.78 is 0. The van der Waals surface area contributed by atoms with Gasteiger partial charge in [0.2, 0.25) is 0 Å². The number of hydrogen-bond donors (Lipinski definition) is 0. The van der Waals surface area contributed by atoms with Gasteiger partial charge in [-0.1, -0.05) is 40.5 Å². The molecule has 0 spiro atoms. The van der Waals surface area contributed by atoms with Crippen LogP contribution in [0.15, 0.2) is 0 Å². The van der Waals surface area contributed by atoms with Gasteiger partial charge in [0.15, 0.2) is 0 Å². The van der Waals surface area contributed by atoms with E-state index in [0.29, 0.717) is 10.8 Å². The Labute approximate surface area is 120 Å². The summed E-state index contributed by atoms with van der Waals surface area (Å²) in [7, 11) is 0. The number of rotatable bonds is 1. The van der Waals surface area contributed by atoms with Crippen LogP contribution in [0.4, 0.5) is 0 Å². The van der Waals surface area contributed by atoms with E-state index in [4.69, 9.17) is 0 Å². The average molecular weight is 262 g/mol. The minimum atomic E-state index is 0.638. The van der Waals surface area contributed by atoms with Crippen LogP contribution in [0.25, 0.3) is 0 Å². The maximum Gasteiger partial charge on any atom is -0.0323 e. The highest BCUT2D eigenvalue weighted by Gasteiger charge is 2.49. The summed E-state index contributed by atoms with van der Waals surface area (Å²) in [4.78, 5) is 0. The Kier molecular flexibility index (Phi) is 3.51. The van der Waals surface area contributed by atoms with Crippen LogP contribution in [0.1, 0.15) is 85.5 Å². The molecule has 0 unspecified atom stereocenters. The van der Waals surface area contributed by atoms with E-state index in [1.807, 2.05) is 0 Å². The van der Waals surface area contributed by atoms with Gasteiger partial charge in [0.1, 0.15) is 0 Å². The molecule has 0 aromatic heterocycles. The van der Waals surface area contributed by atoms with Crippen LogP contribution in [0, 0.1) is 34.5 Å². The van der Waals surface area contributed by atoms with E-state index in [1.165, 1.54) is 32.1 Å². The van der Waals surface area contributed by atoms with Gasteiger partial charge in [-0.15, -0.1) is 0 Å². The minimum absolute atomic E-state index is 0.638. The zero-order valence-electron chi connectivity index (χ0n) is 13.7. The van der Waals surface area contributed by atoms with E-state index in [2.05, 4.69) is 27.7 Å². The zero-order valence-corrected chi connectivity index (χ0v) is 13.7. The molecule has 0 aromatic carbocycles. The second-order valence-corrected chi connectivity index (χ2v) is 9.06. The lowest BCUT2D eigenvalue weighted by Gasteiger charge is -2.56. The molecule has 3 fully saturated rings. The van der Waals surface area contributed by atoms with Crippen LogP contribution in [0.3, 0.4) is 0 Å². The molecule has 3 rings (SSSR count). The van der Waals surface area contributed by atoms with Crippen LogP contribution in [0.5, 0.6) is 0 Å². The second kappa shape index (κ2) is 4.78. The van der Waals surface area contributed by atoms with Gasteiger partial charge in [0.05, 0.1) is 0 Å². The van der Waals surface area contributed by atoms with Crippen LogP contribution < -0.4 is 0 Å². The summed E-state index contributed by atoms with van der Waals surface area (Å²) in [5.41, 5.74) is 1.32. The van der Waals surface area contributed by atoms with E-state index >= 15 is 0 Å². The number of fused-ring (bicyclic) bond motifs is 3. The third kappa shape index (κ3) is 2.38. The molecule has 0 saturated heterocycles. The molecule has 19 heavy (non-hydrogen) atoms. The van der Waals surface area contributed by atoms with Crippen molar-refractivity contribution < 1.29 is 0 Å². The maximum absolute atomic E-state index is 2.56. The lowest BCUT2D eigenvalue weighted by Crippen LogP contribution is -2.47. The first kappa shape index (κ1) is 14.0. The summed E-state index contributed by atoms with van der Waals surface area (Å²) in [5, 5.41) is 0. The van der Waals surface area contributed by atoms with Gasteiger partial charge in [-0.3, -0.25) is 0 Å². The van der Waals surface area contributed by atoms with Crippen molar-refractivity contribution in [1.29, 1.82) is 0 Å². The first-order valence-electron chi connectivity index (χ1n) is 8.95. The van der Waals surface area contributed by atoms with Crippen molar-refractivity contribution in [3.63, 3.8) is 0 Å². The van der Waals surface area contributed by atoms with E-state index in [9.17, 15) is 0 Å². The SMILES string of the molecule is CC[C@]1(C)CC[C@H]2[C@@H](CC[C@@H]3[C@@H]2CCCC3(C)C)C1. The van der Waals surface area contributed by atoms with Gasteiger partial charge in [0.25, 0.3) is 0 Å². The third-order valence-electron chi connectivity index (χ3n) is 7.57. The largest absolute Gasteiger partial charge is 0.0649 e. The quantitative estimate of drug-likeness (QED) is 0.539. The summed E-state index contributed by atoms with van der Waals surface area (Å²) in [6.45, 7) is 10.1. The molecule has 0 radical (unpaired) electrons. The highest BCUT2D eigenvalue weighted by molar-refractivity contribution is 4.99. The van der Waals surface area contributed by atoms with Crippen molar-refractivity contribution in [3.8, 4) is 0 Å². The first-order chi connectivity index (χ1) is 8.95. The molecule has 0 aromatic rings. The molecule has 0 amide bonds. The molecule has 110 valence electrons. The smallest absolute Gasteiger partial charge is 0.0323 e. The zero-order chi connectivity index (χ0) is 13.7. The summed E-state index contributed by atoms with van der Waals surface area (Å²) in [5.74, 6) is 4.31. The topological polar surface area (TPSA) is 0 Å². The van der Waals surface area contributed by atoms with E-state index in [0.717, 1.165) is 23.7 Å². The Morgan fingerprint density at radius 1 is 0.895 bits per heavy atom. The Morgan fingerprint density at radius 2 is 1.68 bits per heavy atom. The predicted octanol–water partition coefficient (Wildman–Crippen LogP) is 6.06. The molecule has 0 aliphatic heterocycles. The molecule has 0 heteroatoms. The fourth-order valence-corrected chi connectivity index (χ4v) is 6.11. The third-order valence-corrected chi connectivity index (χ3v) is 7.57. The van der Waals surface area contributed by atoms with Gasteiger partial charge >= 0.3 is 0 Å². The first-order valence-corrected chi connectivity index (χ1v) is 8.95. The van der Waals surface area contributed by atoms with Gasteiger partial charge in [0, 0.05) is 0 Å². The molecule has 5 atom stereocenters. The average Bonchev–Trinajstić information content (AvgIpc) is 2.37. The van der Waals surface area contributed by atoms with Crippen LogP contribution in [-0.4, -0.2) is 0 Å². The molecule has 0 bridgehead atoms. The lowest BCUT2D eigenvalue weighted by atomic mass is 9.49. The van der Waals surface area contributed by atoms with E-state index < -0.39 is 0 Å². The fourth-order valence-electron chi connectivity index (χ4n) is 6.11. The van der Waals surface area contributed by atoms with Crippen molar-refractivity contribution in [1.82, 2.24) is 0 Å².